The zero-order chi connectivity index (χ0) is 14.9. The summed E-state index contributed by atoms with van der Waals surface area (Å²) in [6.07, 6.45) is 5.16. The molecule has 3 heteroatoms. The maximum atomic E-state index is 10.4. The Morgan fingerprint density at radius 2 is 2.05 bits per heavy atom. The molecular weight excluding hydrogens is 262 g/mol. The highest BCUT2D eigenvalue weighted by Gasteiger charge is 2.27. The van der Waals surface area contributed by atoms with Crippen molar-refractivity contribution >= 4 is 0 Å². The molecule has 0 amide bonds. The van der Waals surface area contributed by atoms with E-state index in [0.717, 1.165) is 37.1 Å². The summed E-state index contributed by atoms with van der Waals surface area (Å²) in [6.45, 7) is 7.66. The van der Waals surface area contributed by atoms with Gasteiger partial charge in [0.05, 0.1) is 6.10 Å². The average Bonchev–Trinajstić information content (AvgIpc) is 2.96. The molecule has 1 aromatic carbocycles. The summed E-state index contributed by atoms with van der Waals surface area (Å²) in [6, 6.07) is 6.19. The number of benzene rings is 1. The van der Waals surface area contributed by atoms with Crippen molar-refractivity contribution in [3.05, 3.63) is 29.3 Å². The number of hydrogen-bond donors (Lipinski definition) is 1. The van der Waals surface area contributed by atoms with Crippen molar-refractivity contribution in [1.29, 1.82) is 0 Å². The Bertz CT molecular complexity index is 492. The van der Waals surface area contributed by atoms with E-state index >= 15 is 0 Å². The zero-order valence-electron chi connectivity index (χ0n) is 13.3. The minimum atomic E-state index is -0.356. The first kappa shape index (κ1) is 14.9. The van der Waals surface area contributed by atoms with Crippen molar-refractivity contribution < 1.29 is 9.84 Å². The summed E-state index contributed by atoms with van der Waals surface area (Å²) < 4.78 is 6.01. The Labute approximate surface area is 127 Å². The van der Waals surface area contributed by atoms with Gasteiger partial charge >= 0.3 is 0 Å². The van der Waals surface area contributed by atoms with E-state index in [0.29, 0.717) is 0 Å². The van der Waals surface area contributed by atoms with Crippen molar-refractivity contribution in [1.82, 2.24) is 4.90 Å². The first-order valence-electron chi connectivity index (χ1n) is 8.26. The molecule has 1 aromatic rings. The van der Waals surface area contributed by atoms with Gasteiger partial charge in [-0.1, -0.05) is 6.07 Å². The lowest BCUT2D eigenvalue weighted by Gasteiger charge is -2.33. The molecule has 0 saturated carbocycles. The highest BCUT2D eigenvalue weighted by molar-refractivity contribution is 5.40. The highest BCUT2D eigenvalue weighted by atomic mass is 16.5. The normalized spacial score (nSPS) is 22.6. The molecule has 3 nitrogen and oxygen atoms in total. The molecule has 21 heavy (non-hydrogen) atoms. The highest BCUT2D eigenvalue weighted by Crippen LogP contribution is 2.34. The summed E-state index contributed by atoms with van der Waals surface area (Å²) in [5.74, 6) is 0.988. The van der Waals surface area contributed by atoms with Crippen LogP contribution in [0, 0.1) is 0 Å². The first-order chi connectivity index (χ1) is 10.0. The van der Waals surface area contributed by atoms with Crippen LogP contribution in [0.3, 0.4) is 0 Å². The van der Waals surface area contributed by atoms with Crippen LogP contribution < -0.4 is 4.74 Å². The van der Waals surface area contributed by atoms with Crippen molar-refractivity contribution in [2.45, 2.75) is 57.7 Å². The van der Waals surface area contributed by atoms with Crippen molar-refractivity contribution in [2.75, 3.05) is 19.6 Å². The van der Waals surface area contributed by atoms with Crippen LogP contribution in [-0.2, 0) is 6.42 Å². The van der Waals surface area contributed by atoms with E-state index in [1.165, 1.54) is 31.5 Å². The van der Waals surface area contributed by atoms with Gasteiger partial charge in [-0.3, -0.25) is 0 Å². The van der Waals surface area contributed by atoms with E-state index in [-0.39, 0.29) is 11.7 Å². The molecule has 1 N–H and O–H groups in total. The molecule has 1 fully saturated rings. The zero-order valence-corrected chi connectivity index (χ0v) is 13.3. The summed E-state index contributed by atoms with van der Waals surface area (Å²) in [5.41, 5.74) is 2.21. The molecule has 1 unspecified atom stereocenters. The number of ether oxygens (including phenoxy) is 1. The van der Waals surface area contributed by atoms with Crippen molar-refractivity contribution in [2.24, 2.45) is 0 Å². The summed E-state index contributed by atoms with van der Waals surface area (Å²) in [5, 5.41) is 10.4. The SMILES string of the molecule is CC1(C)CCc2cc(C(O)CCN3CCCC3)ccc2O1. The second-order valence-electron chi connectivity index (χ2n) is 7.08. The molecule has 0 aromatic heterocycles. The van der Waals surface area contributed by atoms with Crippen LogP contribution >= 0.6 is 0 Å². The van der Waals surface area contributed by atoms with E-state index in [2.05, 4.69) is 24.8 Å². The van der Waals surface area contributed by atoms with E-state index in [4.69, 9.17) is 4.74 Å². The fourth-order valence-corrected chi connectivity index (χ4v) is 3.36. The van der Waals surface area contributed by atoms with Crippen LogP contribution in [0.2, 0.25) is 0 Å². The van der Waals surface area contributed by atoms with E-state index in [1.807, 2.05) is 12.1 Å². The van der Waals surface area contributed by atoms with Crippen LogP contribution in [0.4, 0.5) is 0 Å². The van der Waals surface area contributed by atoms with Gasteiger partial charge in [-0.25, -0.2) is 0 Å². The third-order valence-corrected chi connectivity index (χ3v) is 4.77. The number of aliphatic hydroxyl groups excluding tert-OH is 1. The van der Waals surface area contributed by atoms with Crippen LogP contribution in [0.15, 0.2) is 18.2 Å². The van der Waals surface area contributed by atoms with Gasteiger partial charge in [0.2, 0.25) is 0 Å². The monoisotopic (exact) mass is 289 g/mol. The minimum Gasteiger partial charge on any atom is -0.488 e. The molecule has 3 rings (SSSR count). The molecule has 2 aliphatic rings. The fourth-order valence-electron chi connectivity index (χ4n) is 3.36. The predicted octanol–water partition coefficient (Wildman–Crippen LogP) is 3.31. The third-order valence-electron chi connectivity index (χ3n) is 4.77. The molecule has 0 radical (unpaired) electrons. The second-order valence-corrected chi connectivity index (χ2v) is 7.08. The maximum Gasteiger partial charge on any atom is 0.123 e. The molecule has 0 aliphatic carbocycles. The van der Waals surface area contributed by atoms with Gasteiger partial charge < -0.3 is 14.7 Å². The van der Waals surface area contributed by atoms with Crippen molar-refractivity contribution in [3.63, 3.8) is 0 Å². The lowest BCUT2D eigenvalue weighted by Crippen LogP contribution is -2.32. The molecule has 1 saturated heterocycles. The van der Waals surface area contributed by atoms with Crippen LogP contribution in [0.5, 0.6) is 5.75 Å². The molecule has 2 aliphatic heterocycles. The first-order valence-corrected chi connectivity index (χ1v) is 8.26. The second kappa shape index (κ2) is 5.98. The smallest absolute Gasteiger partial charge is 0.123 e. The molecular formula is C18H27NO2. The van der Waals surface area contributed by atoms with E-state index in [9.17, 15) is 5.11 Å². The number of aliphatic hydroxyl groups is 1. The van der Waals surface area contributed by atoms with Crippen LogP contribution in [-0.4, -0.2) is 35.2 Å². The number of nitrogens with zero attached hydrogens (tertiary/aromatic N) is 1. The third kappa shape index (κ3) is 3.58. The standard InChI is InChI=1S/C18H27NO2/c1-18(2)9-7-15-13-14(5-6-17(15)21-18)16(20)8-12-19-10-3-4-11-19/h5-6,13,16,20H,3-4,7-12H2,1-2H3. The summed E-state index contributed by atoms with van der Waals surface area (Å²) in [4.78, 5) is 2.45. The molecule has 2 heterocycles. The van der Waals surface area contributed by atoms with Gasteiger partial charge in [0.25, 0.3) is 0 Å². The maximum absolute atomic E-state index is 10.4. The lowest BCUT2D eigenvalue weighted by molar-refractivity contribution is 0.0843. The quantitative estimate of drug-likeness (QED) is 0.923. The summed E-state index contributed by atoms with van der Waals surface area (Å²) in [7, 11) is 0. The van der Waals surface area contributed by atoms with Gasteiger partial charge in [0.1, 0.15) is 11.4 Å². The minimum absolute atomic E-state index is 0.0666. The number of hydrogen-bond acceptors (Lipinski definition) is 3. The van der Waals surface area contributed by atoms with Gasteiger partial charge in [-0.2, -0.15) is 0 Å². The number of rotatable bonds is 4. The van der Waals surface area contributed by atoms with Crippen molar-refractivity contribution in [3.8, 4) is 5.75 Å². The topological polar surface area (TPSA) is 32.7 Å². The Morgan fingerprint density at radius 3 is 2.81 bits per heavy atom. The van der Waals surface area contributed by atoms with Crippen LogP contribution in [0.1, 0.15) is 56.8 Å². The fraction of sp³-hybridized carbons (Fsp3) is 0.667. The largest absolute Gasteiger partial charge is 0.488 e. The van der Waals surface area contributed by atoms with Gasteiger partial charge in [0.15, 0.2) is 0 Å². The number of aryl methyl sites for hydroxylation is 1. The average molecular weight is 289 g/mol. The van der Waals surface area contributed by atoms with Gasteiger partial charge in [-0.15, -0.1) is 0 Å². The summed E-state index contributed by atoms with van der Waals surface area (Å²) >= 11 is 0. The Hall–Kier alpha value is -1.06. The predicted molar refractivity (Wildman–Crippen MR) is 84.7 cm³/mol. The lowest BCUT2D eigenvalue weighted by atomic mass is 9.92. The molecule has 0 bridgehead atoms. The van der Waals surface area contributed by atoms with E-state index in [1.54, 1.807) is 0 Å². The number of likely N-dealkylation sites (tertiary alicyclic amines) is 1. The molecule has 1 atom stereocenters. The Kier molecular flexibility index (Phi) is 4.23. The Morgan fingerprint density at radius 1 is 1.29 bits per heavy atom. The van der Waals surface area contributed by atoms with Gasteiger partial charge in [-0.05, 0) is 82.3 Å². The molecule has 0 spiro atoms. The van der Waals surface area contributed by atoms with Gasteiger partial charge in [0, 0.05) is 6.54 Å². The number of fused-ring (bicyclic) bond motifs is 1. The molecule has 116 valence electrons. The van der Waals surface area contributed by atoms with Crippen LogP contribution in [0.25, 0.3) is 0 Å². The Balaban J connectivity index is 1.63. The van der Waals surface area contributed by atoms with E-state index < -0.39 is 0 Å².